The lowest BCUT2D eigenvalue weighted by Gasteiger charge is -2.31. The molecule has 0 aromatic rings. The fourth-order valence-electron chi connectivity index (χ4n) is 1.64. The van der Waals surface area contributed by atoms with Gasteiger partial charge >= 0.3 is 52.2 Å². The molecule has 23 heteroatoms. The lowest BCUT2D eigenvalue weighted by Crippen LogP contribution is -2.53. The van der Waals surface area contributed by atoms with Gasteiger partial charge in [-0.25, -0.2) is 8.78 Å². The molecule has 0 saturated heterocycles. The van der Waals surface area contributed by atoms with Crippen LogP contribution in [0.2, 0.25) is 0 Å². The van der Waals surface area contributed by atoms with Gasteiger partial charge in [0.1, 0.15) is 12.0 Å². The molecule has 0 amide bonds. The van der Waals surface area contributed by atoms with Crippen molar-refractivity contribution in [1.82, 2.24) is 0 Å². The van der Waals surface area contributed by atoms with Crippen molar-refractivity contribution in [3.63, 3.8) is 0 Å². The number of halogens is 17. The summed E-state index contributed by atoms with van der Waals surface area (Å²) >= 11 is 0. The highest BCUT2D eigenvalue weighted by molar-refractivity contribution is 7.87. The molecule has 0 heterocycles. The van der Waals surface area contributed by atoms with E-state index in [1.165, 1.54) is 0 Å². The second-order valence-electron chi connectivity index (χ2n) is 6.60. The molecule has 5 nitrogen and oxygen atoms in total. The topological polar surface area (TPSA) is 91.0 Å². The summed E-state index contributed by atoms with van der Waals surface area (Å²) in [4.78, 5) is 0. The molecule has 0 aromatic heterocycles. The maximum absolute atomic E-state index is 13.1. The highest BCUT2D eigenvalue weighted by Crippen LogP contribution is 2.51. The van der Waals surface area contributed by atoms with E-state index < -0.39 is 83.5 Å². The minimum Gasteiger partial charge on any atom is -0.257 e. The molecule has 0 atom stereocenters. The molecule has 0 aliphatic heterocycles. The predicted molar refractivity (Wildman–Crippen MR) is 81.4 cm³/mol. The lowest BCUT2D eigenvalue weighted by molar-refractivity contribution is -0.358. The summed E-state index contributed by atoms with van der Waals surface area (Å²) in [6.07, 6.45) is -22.3. The molecule has 0 aromatic carbocycles. The molecule has 0 rings (SSSR count). The van der Waals surface area contributed by atoms with Gasteiger partial charge in [0.2, 0.25) is 0 Å². The summed E-state index contributed by atoms with van der Waals surface area (Å²) in [7, 11) is -6.28. The molecule has 0 aliphatic rings. The van der Waals surface area contributed by atoms with Crippen molar-refractivity contribution in [2.75, 3.05) is 6.61 Å². The zero-order chi connectivity index (χ0) is 30.5. The van der Waals surface area contributed by atoms with E-state index in [1.54, 1.807) is 0 Å². The van der Waals surface area contributed by atoms with Crippen molar-refractivity contribution in [2.24, 2.45) is 5.41 Å². The van der Waals surface area contributed by atoms with Crippen LogP contribution in [0, 0.1) is 28.1 Å². The predicted octanol–water partition coefficient (Wildman–Crippen LogP) is 6.34. The quantitative estimate of drug-likeness (QED) is 0.173. The third kappa shape index (κ3) is 10.5. The second-order valence-corrected chi connectivity index (χ2v) is 8.20. The molecule has 0 saturated carbocycles. The standard InChI is InChI=1S/C10H6F10N2.C4H3F7O3S/c11-7(12,9(16,17)10(18,19)20)3-6(4-21,5-22)1-2-8(13,14)15;5-2(6)3(7,8)1-14-15(12,13)4(9,10)11/h1-3H2;2H,1H2. The summed E-state index contributed by atoms with van der Waals surface area (Å²) in [6, 6.07) is 1.35. The highest BCUT2D eigenvalue weighted by Gasteiger charge is 2.74. The van der Waals surface area contributed by atoms with Crippen LogP contribution in [-0.2, 0) is 14.3 Å². The van der Waals surface area contributed by atoms with Gasteiger partial charge in [0.15, 0.2) is 0 Å². The molecule has 0 radical (unpaired) electrons. The second kappa shape index (κ2) is 11.6. The first-order valence-electron chi connectivity index (χ1n) is 8.27. The minimum atomic E-state index is -6.70. The summed E-state index contributed by atoms with van der Waals surface area (Å²) in [5.41, 5.74) is -9.26. The van der Waals surface area contributed by atoms with E-state index >= 15 is 0 Å². The van der Waals surface area contributed by atoms with E-state index in [-0.39, 0.29) is 0 Å². The summed E-state index contributed by atoms with van der Waals surface area (Å²) in [5.74, 6) is -17.5. The maximum atomic E-state index is 13.1. The van der Waals surface area contributed by atoms with Gasteiger partial charge in [-0.05, 0) is 6.42 Å². The number of alkyl halides is 17. The normalized spacial score (nSPS) is 14.5. The van der Waals surface area contributed by atoms with Crippen LogP contribution in [0.1, 0.15) is 19.3 Å². The van der Waals surface area contributed by atoms with Crippen LogP contribution in [0.3, 0.4) is 0 Å². The zero-order valence-electron chi connectivity index (χ0n) is 16.9. The van der Waals surface area contributed by atoms with Crippen molar-refractivity contribution >= 4 is 10.1 Å². The van der Waals surface area contributed by atoms with Crippen LogP contribution in [0.5, 0.6) is 0 Å². The smallest absolute Gasteiger partial charge is 0.257 e. The molecular weight excluding hydrogens is 599 g/mol. The summed E-state index contributed by atoms with van der Waals surface area (Å²) in [6.45, 7) is -2.56. The van der Waals surface area contributed by atoms with E-state index in [2.05, 4.69) is 4.18 Å². The highest BCUT2D eigenvalue weighted by atomic mass is 32.2. The average molecular weight is 608 g/mol. The molecule has 218 valence electrons. The number of hydrogen-bond donors (Lipinski definition) is 0. The maximum Gasteiger partial charge on any atom is 0.523 e. The summed E-state index contributed by atoms with van der Waals surface area (Å²) < 4.78 is 227. The van der Waals surface area contributed by atoms with Gasteiger partial charge in [0.05, 0.1) is 12.1 Å². The van der Waals surface area contributed by atoms with Crippen molar-refractivity contribution < 1.29 is 87.2 Å². The monoisotopic (exact) mass is 608 g/mol. The molecule has 37 heavy (non-hydrogen) atoms. The van der Waals surface area contributed by atoms with Gasteiger partial charge < -0.3 is 0 Å². The van der Waals surface area contributed by atoms with Crippen molar-refractivity contribution in [1.29, 1.82) is 10.5 Å². The molecule has 0 unspecified atom stereocenters. The summed E-state index contributed by atoms with van der Waals surface area (Å²) in [5, 5.41) is 17.0. The number of hydrogen-bond acceptors (Lipinski definition) is 5. The molecular formula is C14H9F17N2O3S. The Labute approximate surface area is 194 Å². The fraction of sp³-hybridized carbons (Fsp3) is 0.857. The average Bonchev–Trinajstić information content (AvgIpc) is 2.67. The molecule has 0 aliphatic carbocycles. The Morgan fingerprint density at radius 3 is 1.41 bits per heavy atom. The minimum absolute atomic E-state index is 0.676. The first-order valence-corrected chi connectivity index (χ1v) is 9.68. The Bertz CT molecular complexity index is 925. The van der Waals surface area contributed by atoms with Gasteiger partial charge in [-0.2, -0.15) is 84.8 Å². The molecule has 0 bridgehead atoms. The Hall–Kier alpha value is -2.30. The van der Waals surface area contributed by atoms with E-state index in [1.807, 2.05) is 0 Å². The van der Waals surface area contributed by atoms with Crippen molar-refractivity contribution in [3.05, 3.63) is 0 Å². The van der Waals surface area contributed by atoms with Crippen LogP contribution < -0.4 is 0 Å². The Kier molecular flexibility index (Phi) is 11.6. The van der Waals surface area contributed by atoms with Crippen LogP contribution in [0.15, 0.2) is 0 Å². The van der Waals surface area contributed by atoms with Gasteiger partial charge in [0.25, 0.3) is 0 Å². The van der Waals surface area contributed by atoms with Crippen molar-refractivity contribution in [2.45, 2.75) is 61.3 Å². The van der Waals surface area contributed by atoms with Gasteiger partial charge in [-0.1, -0.05) is 0 Å². The zero-order valence-corrected chi connectivity index (χ0v) is 17.7. The van der Waals surface area contributed by atoms with E-state index in [4.69, 9.17) is 10.5 Å². The van der Waals surface area contributed by atoms with E-state index in [0.717, 1.165) is 0 Å². The first-order chi connectivity index (χ1) is 15.9. The largest absolute Gasteiger partial charge is 0.523 e. The molecule has 0 N–H and O–H groups in total. The van der Waals surface area contributed by atoms with E-state index in [9.17, 15) is 83.1 Å². The fourth-order valence-corrected chi connectivity index (χ4v) is 2.09. The van der Waals surface area contributed by atoms with Crippen LogP contribution in [0.25, 0.3) is 0 Å². The Morgan fingerprint density at radius 1 is 0.730 bits per heavy atom. The Balaban J connectivity index is 0. The third-order valence-corrected chi connectivity index (χ3v) is 4.61. The number of nitriles is 2. The third-order valence-electron chi connectivity index (χ3n) is 3.61. The van der Waals surface area contributed by atoms with Crippen LogP contribution in [-0.4, -0.2) is 57.1 Å². The van der Waals surface area contributed by atoms with Crippen LogP contribution >= 0.6 is 0 Å². The number of rotatable bonds is 9. The molecule has 0 spiro atoms. The molecule has 0 fully saturated rings. The SMILES string of the molecule is N#CC(C#N)(CCC(F)(F)F)CC(F)(F)C(F)(F)C(F)(F)F.O=S(=O)(OCC(F)(F)C(F)F)C(F)(F)F. The van der Waals surface area contributed by atoms with Crippen molar-refractivity contribution in [3.8, 4) is 12.1 Å². The van der Waals surface area contributed by atoms with E-state index in [0.29, 0.717) is 12.1 Å². The van der Waals surface area contributed by atoms with Gasteiger partial charge in [0, 0.05) is 12.8 Å². The van der Waals surface area contributed by atoms with Gasteiger partial charge in [-0.3, -0.25) is 4.18 Å². The Morgan fingerprint density at radius 2 is 1.14 bits per heavy atom. The lowest BCUT2D eigenvalue weighted by atomic mass is 9.79. The first kappa shape index (κ1) is 36.9. The number of nitrogens with zero attached hydrogens (tertiary/aromatic N) is 2. The van der Waals surface area contributed by atoms with Crippen LogP contribution in [0.4, 0.5) is 74.6 Å². The van der Waals surface area contributed by atoms with Gasteiger partial charge in [-0.15, -0.1) is 0 Å².